The standard InChI is InChI=1S/C8H13N3O2/c1-6-5-7(13)11-8(10-6)9-3-2-4-12/h5,12H,2-4H2,1H3,(H2,9,10,11,13). The molecule has 5 heteroatoms. The molecule has 13 heavy (non-hydrogen) atoms. The highest BCUT2D eigenvalue weighted by molar-refractivity contribution is 5.24. The normalized spacial score (nSPS) is 10.0. The van der Waals surface area contributed by atoms with E-state index >= 15 is 0 Å². The molecule has 0 aromatic carbocycles. The van der Waals surface area contributed by atoms with Gasteiger partial charge in [-0.15, -0.1) is 0 Å². The lowest BCUT2D eigenvalue weighted by Crippen LogP contribution is -2.14. The van der Waals surface area contributed by atoms with Crippen molar-refractivity contribution in [1.82, 2.24) is 9.97 Å². The number of anilines is 1. The van der Waals surface area contributed by atoms with Gasteiger partial charge in [0, 0.05) is 24.9 Å². The van der Waals surface area contributed by atoms with Crippen LogP contribution in [-0.2, 0) is 0 Å². The van der Waals surface area contributed by atoms with Gasteiger partial charge >= 0.3 is 0 Å². The second-order valence-electron chi connectivity index (χ2n) is 2.74. The summed E-state index contributed by atoms with van der Waals surface area (Å²) in [4.78, 5) is 17.6. The molecule has 0 aliphatic carbocycles. The van der Waals surface area contributed by atoms with E-state index in [0.717, 1.165) is 0 Å². The van der Waals surface area contributed by atoms with Gasteiger partial charge in [-0.1, -0.05) is 0 Å². The first-order chi connectivity index (χ1) is 6.22. The van der Waals surface area contributed by atoms with Crippen molar-refractivity contribution in [3.63, 3.8) is 0 Å². The Morgan fingerprint density at radius 3 is 3.08 bits per heavy atom. The molecular weight excluding hydrogens is 170 g/mol. The predicted molar refractivity (Wildman–Crippen MR) is 49.8 cm³/mol. The van der Waals surface area contributed by atoms with Crippen molar-refractivity contribution >= 4 is 5.95 Å². The molecule has 1 heterocycles. The highest BCUT2D eigenvalue weighted by Crippen LogP contribution is 1.94. The minimum absolute atomic E-state index is 0.128. The van der Waals surface area contributed by atoms with Crippen LogP contribution in [0.25, 0.3) is 0 Å². The Morgan fingerprint density at radius 1 is 1.69 bits per heavy atom. The number of rotatable bonds is 4. The highest BCUT2D eigenvalue weighted by atomic mass is 16.3. The third-order valence-corrected chi connectivity index (χ3v) is 1.50. The minimum Gasteiger partial charge on any atom is -0.396 e. The first-order valence-electron chi connectivity index (χ1n) is 4.15. The lowest BCUT2D eigenvalue weighted by atomic mass is 10.4. The third kappa shape index (κ3) is 3.25. The molecule has 0 saturated carbocycles. The number of nitrogens with zero attached hydrogens (tertiary/aromatic N) is 1. The highest BCUT2D eigenvalue weighted by Gasteiger charge is 1.95. The number of H-pyrrole nitrogens is 1. The number of aliphatic hydroxyl groups excluding tert-OH is 1. The van der Waals surface area contributed by atoms with E-state index in [-0.39, 0.29) is 12.2 Å². The van der Waals surface area contributed by atoms with Crippen molar-refractivity contribution < 1.29 is 5.11 Å². The van der Waals surface area contributed by atoms with Gasteiger partial charge in [0.05, 0.1) is 0 Å². The van der Waals surface area contributed by atoms with Crippen molar-refractivity contribution in [2.45, 2.75) is 13.3 Å². The van der Waals surface area contributed by atoms with Crippen LogP contribution in [0.5, 0.6) is 0 Å². The van der Waals surface area contributed by atoms with Gasteiger partial charge in [0.25, 0.3) is 5.56 Å². The summed E-state index contributed by atoms with van der Waals surface area (Å²) in [6.07, 6.45) is 0.637. The van der Waals surface area contributed by atoms with Gasteiger partial charge in [-0.2, -0.15) is 0 Å². The number of hydrogen-bond acceptors (Lipinski definition) is 4. The van der Waals surface area contributed by atoms with Crippen molar-refractivity contribution in [3.8, 4) is 0 Å². The Labute approximate surface area is 75.8 Å². The second-order valence-corrected chi connectivity index (χ2v) is 2.74. The summed E-state index contributed by atoms with van der Waals surface area (Å²) in [5.41, 5.74) is 0.509. The average molecular weight is 183 g/mol. The van der Waals surface area contributed by atoms with E-state index in [4.69, 9.17) is 5.11 Å². The first-order valence-corrected chi connectivity index (χ1v) is 4.15. The van der Waals surface area contributed by atoms with Crippen molar-refractivity contribution in [3.05, 3.63) is 22.1 Å². The van der Waals surface area contributed by atoms with Crippen molar-refractivity contribution in [2.24, 2.45) is 0 Å². The molecular formula is C8H13N3O2. The number of aromatic amines is 1. The van der Waals surface area contributed by atoms with E-state index in [9.17, 15) is 4.79 Å². The van der Waals surface area contributed by atoms with Gasteiger partial charge in [-0.25, -0.2) is 4.98 Å². The maximum Gasteiger partial charge on any atom is 0.252 e. The Balaban J connectivity index is 2.61. The average Bonchev–Trinajstić information content (AvgIpc) is 2.03. The van der Waals surface area contributed by atoms with Crippen LogP contribution >= 0.6 is 0 Å². The molecule has 72 valence electrons. The summed E-state index contributed by atoms with van der Waals surface area (Å²) < 4.78 is 0. The molecule has 0 radical (unpaired) electrons. The van der Waals surface area contributed by atoms with Crippen LogP contribution in [-0.4, -0.2) is 28.2 Å². The van der Waals surface area contributed by atoms with E-state index in [1.165, 1.54) is 6.07 Å². The summed E-state index contributed by atoms with van der Waals surface area (Å²) >= 11 is 0. The fourth-order valence-electron chi connectivity index (χ4n) is 0.949. The van der Waals surface area contributed by atoms with Crippen LogP contribution in [0.4, 0.5) is 5.95 Å². The van der Waals surface area contributed by atoms with Gasteiger partial charge in [-0.3, -0.25) is 9.78 Å². The Hall–Kier alpha value is -1.36. The maximum atomic E-state index is 11.0. The van der Waals surface area contributed by atoms with Crippen LogP contribution in [0.1, 0.15) is 12.1 Å². The molecule has 0 aliphatic heterocycles. The number of aromatic nitrogens is 2. The SMILES string of the molecule is Cc1cc(=O)[nH]c(NCCCO)n1. The molecule has 5 nitrogen and oxygen atoms in total. The summed E-state index contributed by atoms with van der Waals surface area (Å²) in [7, 11) is 0. The zero-order valence-corrected chi connectivity index (χ0v) is 7.50. The van der Waals surface area contributed by atoms with Crippen LogP contribution in [0.15, 0.2) is 10.9 Å². The molecule has 0 aliphatic rings. The lowest BCUT2D eigenvalue weighted by Gasteiger charge is -2.03. The Morgan fingerprint density at radius 2 is 2.46 bits per heavy atom. The predicted octanol–water partition coefficient (Wildman–Crippen LogP) is -0.127. The van der Waals surface area contributed by atoms with Gasteiger partial charge in [-0.05, 0) is 13.3 Å². The molecule has 0 amide bonds. The fraction of sp³-hybridized carbons (Fsp3) is 0.500. The van der Waals surface area contributed by atoms with Crippen LogP contribution in [0.3, 0.4) is 0 Å². The quantitative estimate of drug-likeness (QED) is 0.568. The molecule has 1 rings (SSSR count). The Bertz CT molecular complexity index is 321. The number of aryl methyl sites for hydroxylation is 1. The molecule has 1 aromatic heterocycles. The zero-order valence-electron chi connectivity index (χ0n) is 7.50. The van der Waals surface area contributed by atoms with Crippen LogP contribution in [0.2, 0.25) is 0 Å². The molecule has 0 saturated heterocycles. The fourth-order valence-corrected chi connectivity index (χ4v) is 0.949. The minimum atomic E-state index is -0.168. The lowest BCUT2D eigenvalue weighted by molar-refractivity contribution is 0.292. The van der Waals surface area contributed by atoms with Gasteiger partial charge in [0.15, 0.2) is 0 Å². The topological polar surface area (TPSA) is 78.0 Å². The summed E-state index contributed by atoms with van der Waals surface area (Å²) in [6, 6.07) is 1.43. The summed E-state index contributed by atoms with van der Waals surface area (Å²) in [6.45, 7) is 2.48. The third-order valence-electron chi connectivity index (χ3n) is 1.50. The van der Waals surface area contributed by atoms with Crippen LogP contribution in [0, 0.1) is 6.92 Å². The van der Waals surface area contributed by atoms with E-state index in [1.54, 1.807) is 6.92 Å². The smallest absolute Gasteiger partial charge is 0.252 e. The van der Waals surface area contributed by atoms with Crippen molar-refractivity contribution in [2.75, 3.05) is 18.5 Å². The van der Waals surface area contributed by atoms with Gasteiger partial charge in [0.1, 0.15) is 0 Å². The van der Waals surface area contributed by atoms with E-state index < -0.39 is 0 Å². The monoisotopic (exact) mass is 183 g/mol. The largest absolute Gasteiger partial charge is 0.396 e. The molecule has 0 bridgehead atoms. The molecule has 0 unspecified atom stereocenters. The van der Waals surface area contributed by atoms with Crippen LogP contribution < -0.4 is 10.9 Å². The second kappa shape index (κ2) is 4.61. The maximum absolute atomic E-state index is 11.0. The molecule has 3 N–H and O–H groups in total. The number of hydrogen-bond donors (Lipinski definition) is 3. The van der Waals surface area contributed by atoms with E-state index in [2.05, 4.69) is 15.3 Å². The summed E-state index contributed by atoms with van der Waals surface area (Å²) in [5.74, 6) is 0.457. The number of nitrogens with one attached hydrogen (secondary N) is 2. The van der Waals surface area contributed by atoms with Gasteiger partial charge < -0.3 is 10.4 Å². The molecule has 1 aromatic rings. The zero-order chi connectivity index (χ0) is 9.68. The van der Waals surface area contributed by atoms with Crippen molar-refractivity contribution in [1.29, 1.82) is 0 Å². The summed E-state index contributed by atoms with van der Waals surface area (Å²) in [5, 5.41) is 11.4. The van der Waals surface area contributed by atoms with E-state index in [1.807, 2.05) is 0 Å². The molecule has 0 fully saturated rings. The van der Waals surface area contributed by atoms with Gasteiger partial charge in [0.2, 0.25) is 5.95 Å². The first kappa shape index (κ1) is 9.73. The Kier molecular flexibility index (Phi) is 3.45. The van der Waals surface area contributed by atoms with E-state index in [0.29, 0.717) is 24.6 Å². The number of aliphatic hydroxyl groups is 1. The molecule has 0 atom stereocenters. The molecule has 0 spiro atoms.